The Balaban J connectivity index is 2.99. The van der Waals surface area contributed by atoms with E-state index in [-0.39, 0.29) is 0 Å². The molecule has 0 unspecified atom stereocenters. The summed E-state index contributed by atoms with van der Waals surface area (Å²) in [6.45, 7) is 0. The van der Waals surface area contributed by atoms with Crippen molar-refractivity contribution in [1.29, 1.82) is 5.26 Å². The van der Waals surface area contributed by atoms with Gasteiger partial charge < -0.3 is 0 Å². The molecule has 0 aliphatic heterocycles. The molecule has 0 spiro atoms. The van der Waals surface area contributed by atoms with Crippen LogP contribution < -0.4 is 0 Å². The Morgan fingerprint density at radius 2 is 2.08 bits per heavy atom. The summed E-state index contributed by atoms with van der Waals surface area (Å²) in [6, 6.07) is 9.70. The molecule has 0 bridgehead atoms. The van der Waals surface area contributed by atoms with E-state index in [2.05, 4.69) is 17.9 Å². The second-order valence-electron chi connectivity index (χ2n) is 2.43. The van der Waals surface area contributed by atoms with E-state index in [9.17, 15) is 0 Å². The van der Waals surface area contributed by atoms with E-state index < -0.39 is 0 Å². The Kier molecular flexibility index (Phi) is 3.89. The van der Waals surface area contributed by atoms with Gasteiger partial charge in [0.05, 0.1) is 18.4 Å². The van der Waals surface area contributed by atoms with Crippen LogP contribution in [0.2, 0.25) is 0 Å². The van der Waals surface area contributed by atoms with E-state index in [0.717, 1.165) is 11.1 Å². The van der Waals surface area contributed by atoms with Crippen LogP contribution in [-0.2, 0) is 6.42 Å². The standard InChI is InChI=1S/C11H8ClN/c12-8-3-6-10-4-1-2-5-11(10)7-9-13/h1-2,4-5H,7-8H2. The van der Waals surface area contributed by atoms with Gasteiger partial charge in [0.15, 0.2) is 0 Å². The molecule has 0 atom stereocenters. The van der Waals surface area contributed by atoms with Gasteiger partial charge in [0.25, 0.3) is 0 Å². The second-order valence-corrected chi connectivity index (χ2v) is 2.69. The summed E-state index contributed by atoms with van der Waals surface area (Å²) in [5.74, 6) is 6.00. The molecule has 0 aliphatic rings. The van der Waals surface area contributed by atoms with Gasteiger partial charge in [-0.1, -0.05) is 30.0 Å². The number of hydrogen-bond donors (Lipinski definition) is 0. The zero-order valence-electron chi connectivity index (χ0n) is 7.05. The van der Waals surface area contributed by atoms with E-state index in [1.807, 2.05) is 24.3 Å². The number of hydrogen-bond acceptors (Lipinski definition) is 1. The summed E-state index contributed by atoms with van der Waals surface area (Å²) >= 11 is 5.44. The number of benzene rings is 1. The zero-order chi connectivity index (χ0) is 9.52. The number of halogens is 1. The predicted octanol–water partition coefficient (Wildman–Crippen LogP) is 2.34. The molecule has 0 amide bonds. The Morgan fingerprint density at radius 1 is 1.31 bits per heavy atom. The first-order chi connectivity index (χ1) is 6.38. The predicted molar refractivity (Wildman–Crippen MR) is 53.4 cm³/mol. The molecule has 1 aromatic rings. The fraction of sp³-hybridized carbons (Fsp3) is 0.182. The van der Waals surface area contributed by atoms with Gasteiger partial charge in [-0.05, 0) is 11.6 Å². The van der Waals surface area contributed by atoms with Gasteiger partial charge in [-0.3, -0.25) is 0 Å². The van der Waals surface area contributed by atoms with Crippen LogP contribution >= 0.6 is 11.6 Å². The van der Waals surface area contributed by atoms with Crippen LogP contribution in [0.3, 0.4) is 0 Å². The van der Waals surface area contributed by atoms with Crippen molar-refractivity contribution in [1.82, 2.24) is 0 Å². The average Bonchev–Trinajstić information content (AvgIpc) is 2.17. The Bertz CT molecular complexity index is 379. The van der Waals surface area contributed by atoms with Crippen LogP contribution in [0.1, 0.15) is 11.1 Å². The smallest absolute Gasteiger partial charge is 0.0839 e. The van der Waals surface area contributed by atoms with Crippen molar-refractivity contribution in [2.75, 3.05) is 5.88 Å². The molecular weight excluding hydrogens is 182 g/mol. The largest absolute Gasteiger partial charge is 0.198 e. The number of nitriles is 1. The maximum Gasteiger partial charge on any atom is 0.0839 e. The monoisotopic (exact) mass is 189 g/mol. The van der Waals surface area contributed by atoms with E-state index >= 15 is 0 Å². The second kappa shape index (κ2) is 5.25. The van der Waals surface area contributed by atoms with Crippen LogP contribution in [0.5, 0.6) is 0 Å². The van der Waals surface area contributed by atoms with Crippen LogP contribution in [0.25, 0.3) is 0 Å². The van der Waals surface area contributed by atoms with Gasteiger partial charge in [-0.15, -0.1) is 11.6 Å². The molecule has 0 N–H and O–H groups in total. The highest BCUT2D eigenvalue weighted by atomic mass is 35.5. The third-order valence-corrected chi connectivity index (χ3v) is 1.71. The minimum Gasteiger partial charge on any atom is -0.198 e. The molecule has 0 fully saturated rings. The summed E-state index contributed by atoms with van der Waals surface area (Å²) in [6.07, 6.45) is 0.396. The maximum absolute atomic E-state index is 8.55. The third-order valence-electron chi connectivity index (χ3n) is 1.58. The first-order valence-electron chi connectivity index (χ1n) is 3.88. The van der Waals surface area contributed by atoms with Crippen LogP contribution in [0.4, 0.5) is 0 Å². The van der Waals surface area contributed by atoms with Crippen LogP contribution in [0.15, 0.2) is 24.3 Å². The lowest BCUT2D eigenvalue weighted by atomic mass is 10.1. The van der Waals surface area contributed by atoms with Crippen LogP contribution in [-0.4, -0.2) is 5.88 Å². The Morgan fingerprint density at radius 3 is 2.77 bits per heavy atom. The summed E-state index contributed by atoms with van der Waals surface area (Å²) in [5, 5.41) is 8.55. The molecule has 0 heterocycles. The Labute approximate surface area is 83.0 Å². The van der Waals surface area contributed by atoms with Crippen molar-refractivity contribution in [3.05, 3.63) is 35.4 Å². The summed E-state index contributed by atoms with van der Waals surface area (Å²) in [7, 11) is 0. The highest BCUT2D eigenvalue weighted by Gasteiger charge is 1.96. The van der Waals surface area contributed by atoms with Gasteiger partial charge in [0.2, 0.25) is 0 Å². The fourth-order valence-electron chi connectivity index (χ4n) is 1.01. The molecule has 1 rings (SSSR count). The topological polar surface area (TPSA) is 23.8 Å². The van der Waals surface area contributed by atoms with Gasteiger partial charge in [-0.2, -0.15) is 5.26 Å². The summed E-state index contributed by atoms with van der Waals surface area (Å²) < 4.78 is 0. The van der Waals surface area contributed by atoms with Crippen molar-refractivity contribution in [3.63, 3.8) is 0 Å². The first kappa shape index (κ1) is 9.65. The summed E-state index contributed by atoms with van der Waals surface area (Å²) in [4.78, 5) is 0. The molecule has 0 radical (unpaired) electrons. The lowest BCUT2D eigenvalue weighted by Gasteiger charge is -1.97. The zero-order valence-corrected chi connectivity index (χ0v) is 7.80. The number of rotatable bonds is 1. The molecule has 13 heavy (non-hydrogen) atoms. The van der Waals surface area contributed by atoms with Crippen molar-refractivity contribution in [2.45, 2.75) is 6.42 Å². The SMILES string of the molecule is N#CCc1ccccc1C#CCCl. The first-order valence-corrected chi connectivity index (χ1v) is 4.41. The quantitative estimate of drug-likeness (QED) is 0.492. The molecule has 0 aliphatic carbocycles. The highest BCUT2D eigenvalue weighted by Crippen LogP contribution is 2.07. The van der Waals surface area contributed by atoms with Crippen molar-refractivity contribution >= 4 is 11.6 Å². The number of nitrogens with zero attached hydrogens (tertiary/aromatic N) is 1. The summed E-state index contributed by atoms with van der Waals surface area (Å²) in [5.41, 5.74) is 1.85. The Hall–Kier alpha value is -1.44. The molecule has 0 saturated carbocycles. The lowest BCUT2D eigenvalue weighted by molar-refractivity contribution is 1.25. The highest BCUT2D eigenvalue weighted by molar-refractivity contribution is 6.19. The van der Waals surface area contributed by atoms with E-state index in [1.165, 1.54) is 0 Å². The fourth-order valence-corrected chi connectivity index (χ4v) is 1.08. The number of alkyl halides is 1. The molecule has 64 valence electrons. The minimum absolute atomic E-state index is 0.320. The average molecular weight is 190 g/mol. The van der Waals surface area contributed by atoms with Gasteiger partial charge >= 0.3 is 0 Å². The van der Waals surface area contributed by atoms with Gasteiger partial charge in [0, 0.05) is 5.56 Å². The lowest BCUT2D eigenvalue weighted by Crippen LogP contribution is -1.87. The normalized spacial score (nSPS) is 8.31. The van der Waals surface area contributed by atoms with Gasteiger partial charge in [0.1, 0.15) is 0 Å². The van der Waals surface area contributed by atoms with Crippen molar-refractivity contribution in [3.8, 4) is 17.9 Å². The van der Waals surface area contributed by atoms with E-state index in [0.29, 0.717) is 12.3 Å². The van der Waals surface area contributed by atoms with Crippen LogP contribution in [0, 0.1) is 23.2 Å². The van der Waals surface area contributed by atoms with E-state index in [1.54, 1.807) is 0 Å². The maximum atomic E-state index is 8.55. The van der Waals surface area contributed by atoms with Crippen molar-refractivity contribution in [2.24, 2.45) is 0 Å². The molecule has 1 nitrogen and oxygen atoms in total. The third kappa shape index (κ3) is 2.82. The molecule has 0 aromatic heterocycles. The molecule has 1 aromatic carbocycles. The minimum atomic E-state index is 0.320. The molecule has 0 saturated heterocycles. The molecule has 2 heteroatoms. The molecular formula is C11H8ClN. The van der Waals surface area contributed by atoms with E-state index in [4.69, 9.17) is 16.9 Å². The van der Waals surface area contributed by atoms with Gasteiger partial charge in [-0.25, -0.2) is 0 Å². The van der Waals surface area contributed by atoms with Crippen molar-refractivity contribution < 1.29 is 0 Å².